The molecule has 2 N–H and O–H groups in total. The van der Waals surface area contributed by atoms with Crippen molar-refractivity contribution in [1.82, 2.24) is 15.5 Å². The second kappa shape index (κ2) is 6.55. The van der Waals surface area contributed by atoms with Crippen LogP contribution in [0.25, 0.3) is 0 Å². The maximum absolute atomic E-state index is 12.1. The van der Waals surface area contributed by atoms with Crippen molar-refractivity contribution in [2.24, 2.45) is 0 Å². The first kappa shape index (κ1) is 16.6. The number of nitrogens with one attached hydrogen (secondary N) is 2. The molecule has 9 heteroatoms. The second-order valence-electron chi connectivity index (χ2n) is 5.32. The number of ether oxygens (including phenoxy) is 1. The molecular formula is C13H19N3O5S. The van der Waals surface area contributed by atoms with E-state index in [-0.39, 0.29) is 23.2 Å². The zero-order chi connectivity index (χ0) is 16.3. The van der Waals surface area contributed by atoms with Crippen LogP contribution in [0.4, 0.5) is 0 Å². The van der Waals surface area contributed by atoms with E-state index < -0.39 is 24.5 Å². The smallest absolute Gasteiger partial charge is 0.330 e. The van der Waals surface area contributed by atoms with Gasteiger partial charge in [-0.2, -0.15) is 0 Å². The van der Waals surface area contributed by atoms with Gasteiger partial charge in [0.15, 0.2) is 6.61 Å². The lowest BCUT2D eigenvalue weighted by molar-refractivity contribution is -0.156. The zero-order valence-corrected chi connectivity index (χ0v) is 13.3. The molecular weight excluding hydrogens is 310 g/mol. The summed E-state index contributed by atoms with van der Waals surface area (Å²) in [6.45, 7) is 1.30. The monoisotopic (exact) mass is 329 g/mol. The zero-order valence-electron chi connectivity index (χ0n) is 12.5. The van der Waals surface area contributed by atoms with Crippen molar-refractivity contribution in [1.29, 1.82) is 0 Å². The van der Waals surface area contributed by atoms with Gasteiger partial charge in [-0.3, -0.25) is 14.4 Å². The molecule has 2 fully saturated rings. The molecule has 3 amide bonds. The van der Waals surface area contributed by atoms with Gasteiger partial charge in [0.2, 0.25) is 11.8 Å². The van der Waals surface area contributed by atoms with Crippen molar-refractivity contribution >= 4 is 35.5 Å². The van der Waals surface area contributed by atoms with E-state index in [2.05, 4.69) is 10.6 Å². The average Bonchev–Trinajstić information content (AvgIpc) is 2.99. The van der Waals surface area contributed by atoms with Gasteiger partial charge >= 0.3 is 5.97 Å². The van der Waals surface area contributed by atoms with Crippen LogP contribution in [0.1, 0.15) is 19.8 Å². The highest BCUT2D eigenvalue weighted by Crippen LogP contribution is 2.47. The predicted molar refractivity (Wildman–Crippen MR) is 78.8 cm³/mol. The molecule has 2 aliphatic rings. The Balaban J connectivity index is 1.82. The van der Waals surface area contributed by atoms with Gasteiger partial charge in [0.05, 0.1) is 11.4 Å². The molecule has 0 aliphatic carbocycles. The molecule has 2 atom stereocenters. The summed E-state index contributed by atoms with van der Waals surface area (Å²) in [5.41, 5.74) is 0. The van der Waals surface area contributed by atoms with Crippen LogP contribution in [0, 0.1) is 0 Å². The van der Waals surface area contributed by atoms with E-state index in [4.69, 9.17) is 4.74 Å². The summed E-state index contributed by atoms with van der Waals surface area (Å²) >= 11 is 1.56. The van der Waals surface area contributed by atoms with E-state index >= 15 is 0 Å². The summed E-state index contributed by atoms with van der Waals surface area (Å²) in [5.74, 6) is -1.07. The molecule has 0 spiro atoms. The van der Waals surface area contributed by atoms with Crippen LogP contribution < -0.4 is 10.6 Å². The Kier molecular flexibility index (Phi) is 4.94. The topological polar surface area (TPSA) is 105 Å². The normalized spacial score (nSPS) is 26.5. The number of nitrogens with zero attached hydrogens (tertiary/aromatic N) is 1. The van der Waals surface area contributed by atoms with Crippen LogP contribution in [-0.2, 0) is 23.9 Å². The van der Waals surface area contributed by atoms with Gasteiger partial charge < -0.3 is 20.3 Å². The van der Waals surface area contributed by atoms with E-state index in [1.807, 2.05) is 6.92 Å². The Hall–Kier alpha value is -1.77. The first-order valence-electron chi connectivity index (χ1n) is 6.97. The van der Waals surface area contributed by atoms with E-state index in [0.717, 1.165) is 0 Å². The van der Waals surface area contributed by atoms with Gasteiger partial charge in [-0.25, -0.2) is 4.79 Å². The number of rotatable bonds is 5. The van der Waals surface area contributed by atoms with E-state index in [1.165, 1.54) is 7.05 Å². The molecule has 2 saturated heterocycles. The molecule has 2 aliphatic heterocycles. The Bertz CT molecular complexity index is 512. The van der Waals surface area contributed by atoms with Crippen LogP contribution in [0.5, 0.6) is 0 Å². The molecule has 122 valence electrons. The summed E-state index contributed by atoms with van der Waals surface area (Å²) in [6, 6.07) is -0.642. The number of likely N-dealkylation sites (N-methyl/N-ethyl adjacent to an activating group) is 1. The fourth-order valence-corrected chi connectivity index (χ4v) is 3.96. The van der Waals surface area contributed by atoms with Crippen molar-refractivity contribution in [2.45, 2.75) is 30.7 Å². The fourth-order valence-electron chi connectivity index (χ4n) is 2.55. The third kappa shape index (κ3) is 3.34. The summed E-state index contributed by atoms with van der Waals surface area (Å²) in [7, 11) is 1.45. The van der Waals surface area contributed by atoms with E-state index in [9.17, 15) is 19.2 Å². The van der Waals surface area contributed by atoms with Gasteiger partial charge in [-0.15, -0.1) is 11.8 Å². The van der Waals surface area contributed by atoms with Crippen LogP contribution >= 0.6 is 11.8 Å². The quantitative estimate of drug-likeness (QED) is 0.617. The minimum Gasteiger partial charge on any atom is -0.454 e. The van der Waals surface area contributed by atoms with Crippen molar-refractivity contribution in [3.63, 3.8) is 0 Å². The molecule has 0 bridgehead atoms. The number of carbonyl (C=O) groups excluding carboxylic acids is 4. The Morgan fingerprint density at radius 3 is 2.82 bits per heavy atom. The third-order valence-corrected chi connectivity index (χ3v) is 5.29. The van der Waals surface area contributed by atoms with Gasteiger partial charge in [-0.05, 0) is 13.3 Å². The molecule has 0 aromatic heterocycles. The Morgan fingerprint density at radius 1 is 1.41 bits per heavy atom. The first-order chi connectivity index (χ1) is 10.4. The molecule has 0 saturated carbocycles. The summed E-state index contributed by atoms with van der Waals surface area (Å²) < 4.78 is 4.97. The summed E-state index contributed by atoms with van der Waals surface area (Å²) in [5, 5.41) is 4.68. The minimum absolute atomic E-state index is 0.0569. The highest BCUT2D eigenvalue weighted by molar-refractivity contribution is 8.01. The number of hydrogen-bond acceptors (Lipinski definition) is 6. The van der Waals surface area contributed by atoms with Gasteiger partial charge in [0.1, 0.15) is 6.04 Å². The van der Waals surface area contributed by atoms with Crippen molar-refractivity contribution in [3.05, 3.63) is 0 Å². The Morgan fingerprint density at radius 2 is 2.14 bits per heavy atom. The maximum Gasteiger partial charge on any atom is 0.330 e. The first-order valence-corrected chi connectivity index (χ1v) is 7.96. The van der Waals surface area contributed by atoms with Gasteiger partial charge in [0, 0.05) is 19.2 Å². The van der Waals surface area contributed by atoms with Crippen LogP contribution in [0.3, 0.4) is 0 Å². The minimum atomic E-state index is -0.642. The fraction of sp³-hybridized carbons (Fsp3) is 0.692. The van der Waals surface area contributed by atoms with Crippen LogP contribution in [-0.4, -0.2) is 65.5 Å². The lowest BCUT2D eigenvalue weighted by atomic mass is 10.2. The van der Waals surface area contributed by atoms with Crippen LogP contribution in [0.15, 0.2) is 0 Å². The highest BCUT2D eigenvalue weighted by Gasteiger charge is 2.53. The number of esters is 1. The van der Waals surface area contributed by atoms with Crippen molar-refractivity contribution in [3.8, 4) is 0 Å². The number of carbonyl (C=O) groups is 4. The molecule has 2 heterocycles. The average molecular weight is 329 g/mol. The lowest BCUT2D eigenvalue weighted by Gasteiger charge is -2.29. The Labute approximate surface area is 132 Å². The predicted octanol–water partition coefficient (Wildman–Crippen LogP) is -1.15. The third-order valence-electron chi connectivity index (χ3n) is 3.79. The maximum atomic E-state index is 12.1. The molecule has 8 nitrogen and oxygen atoms in total. The molecule has 0 unspecified atom stereocenters. The molecule has 0 radical (unpaired) electrons. The number of fused-ring (bicyclic) bond motifs is 1. The molecule has 0 aromatic carbocycles. The standard InChI is InChI=1S/C13H19N3O5S/c1-13-4-3-11(19)16(13)8(7-22-13)12(20)21-6-10(18)15-5-9(17)14-2/h8H,3-7H2,1-2H3,(H,14,17)(H,15,18)/t8-,13-/m0/s1. The van der Waals surface area contributed by atoms with Crippen molar-refractivity contribution < 1.29 is 23.9 Å². The van der Waals surface area contributed by atoms with E-state index in [0.29, 0.717) is 18.6 Å². The van der Waals surface area contributed by atoms with Gasteiger partial charge in [0.25, 0.3) is 5.91 Å². The van der Waals surface area contributed by atoms with Gasteiger partial charge in [-0.1, -0.05) is 0 Å². The van der Waals surface area contributed by atoms with Crippen molar-refractivity contribution in [2.75, 3.05) is 26.0 Å². The SMILES string of the molecule is CNC(=O)CNC(=O)COC(=O)[C@@H]1CS[C@@]2(C)CCC(=O)N12. The lowest BCUT2D eigenvalue weighted by Crippen LogP contribution is -2.47. The highest BCUT2D eigenvalue weighted by atomic mass is 32.2. The number of hydrogen-bond donors (Lipinski definition) is 2. The summed E-state index contributed by atoms with van der Waals surface area (Å²) in [4.78, 5) is 47.7. The molecule has 2 rings (SSSR count). The largest absolute Gasteiger partial charge is 0.454 e. The molecule has 22 heavy (non-hydrogen) atoms. The molecule has 0 aromatic rings. The van der Waals surface area contributed by atoms with Crippen LogP contribution in [0.2, 0.25) is 0 Å². The second-order valence-corrected chi connectivity index (χ2v) is 6.82. The number of amides is 3. The van der Waals surface area contributed by atoms with E-state index in [1.54, 1.807) is 16.7 Å². The summed E-state index contributed by atoms with van der Waals surface area (Å²) in [6.07, 6.45) is 1.15. The number of thioether (sulfide) groups is 1.